The van der Waals surface area contributed by atoms with Crippen LogP contribution in [0, 0.1) is 0 Å². The van der Waals surface area contributed by atoms with Crippen molar-refractivity contribution >= 4 is 11.9 Å². The van der Waals surface area contributed by atoms with Crippen LogP contribution < -0.4 is 0 Å². The van der Waals surface area contributed by atoms with E-state index in [9.17, 15) is 40.2 Å². The molecule has 2 aliphatic heterocycles. The summed E-state index contributed by atoms with van der Waals surface area (Å²) in [5, 5.41) is 62.0. The number of hydrogen-bond donors (Lipinski definition) is 6. The second-order valence-electron chi connectivity index (χ2n) is 14.0. The highest BCUT2D eigenvalue weighted by atomic mass is 16.8. The van der Waals surface area contributed by atoms with Crippen LogP contribution in [0.15, 0.2) is 0 Å². The molecule has 2 rings (SSSR count). The Morgan fingerprint density at radius 1 is 0.592 bits per heavy atom. The van der Waals surface area contributed by atoms with Gasteiger partial charge in [0.15, 0.2) is 12.6 Å². The number of unbranched alkanes of at least 4 members (excludes halogenated alkanes) is 12. The molecule has 0 unspecified atom stereocenters. The molecule has 0 aliphatic carbocycles. The Balaban J connectivity index is 2.13. The number of ether oxygens (including phenoxy) is 5. The molecular formula is C36H66O13. The fourth-order valence-corrected chi connectivity index (χ4v) is 6.42. The molecular weight excluding hydrogens is 640 g/mol. The normalized spacial score (nSPS) is 31.7. The summed E-state index contributed by atoms with van der Waals surface area (Å²) < 4.78 is 29.3. The van der Waals surface area contributed by atoms with Crippen molar-refractivity contribution in [1.29, 1.82) is 0 Å². The summed E-state index contributed by atoms with van der Waals surface area (Å²) in [6.45, 7) is 7.36. The molecule has 12 atom stereocenters. The molecule has 2 fully saturated rings. The van der Waals surface area contributed by atoms with Crippen molar-refractivity contribution in [2.75, 3.05) is 0 Å². The number of aliphatic hydroxyl groups is 5. The van der Waals surface area contributed by atoms with Gasteiger partial charge in [0.1, 0.15) is 42.7 Å². The van der Waals surface area contributed by atoms with Crippen molar-refractivity contribution in [1.82, 2.24) is 0 Å². The van der Waals surface area contributed by atoms with Crippen molar-refractivity contribution in [3.63, 3.8) is 0 Å². The Morgan fingerprint density at radius 3 is 1.59 bits per heavy atom. The van der Waals surface area contributed by atoms with E-state index < -0.39 is 85.6 Å². The average Bonchev–Trinajstić information content (AvgIpc) is 3.05. The summed E-state index contributed by atoms with van der Waals surface area (Å²) >= 11 is 0. The largest absolute Gasteiger partial charge is 0.481 e. The van der Waals surface area contributed by atoms with Crippen LogP contribution in [0.5, 0.6) is 0 Å². The van der Waals surface area contributed by atoms with Crippen molar-refractivity contribution in [3.05, 3.63) is 0 Å². The summed E-state index contributed by atoms with van der Waals surface area (Å²) in [7, 11) is 0. The fourth-order valence-electron chi connectivity index (χ4n) is 6.42. The third-order valence-electron chi connectivity index (χ3n) is 9.56. The molecule has 0 aromatic rings. The van der Waals surface area contributed by atoms with Crippen LogP contribution in [-0.4, -0.2) is 116 Å². The smallest absolute Gasteiger partial charge is 0.308 e. The van der Waals surface area contributed by atoms with Gasteiger partial charge in [0.2, 0.25) is 0 Å². The molecule has 0 aromatic carbocycles. The maximum Gasteiger partial charge on any atom is 0.308 e. The van der Waals surface area contributed by atoms with E-state index in [1.54, 1.807) is 6.92 Å². The van der Waals surface area contributed by atoms with Crippen LogP contribution >= 0.6 is 0 Å². The predicted octanol–water partition coefficient (Wildman–Crippen LogP) is 4.11. The van der Waals surface area contributed by atoms with Crippen LogP contribution in [0.2, 0.25) is 0 Å². The zero-order valence-corrected chi connectivity index (χ0v) is 30.2. The lowest BCUT2D eigenvalue weighted by molar-refractivity contribution is -0.366. The number of carbonyl (C=O) groups excluding carboxylic acids is 1. The maximum atomic E-state index is 13.3. The van der Waals surface area contributed by atoms with Crippen LogP contribution in [0.25, 0.3) is 0 Å². The third-order valence-corrected chi connectivity index (χ3v) is 9.56. The van der Waals surface area contributed by atoms with Gasteiger partial charge in [-0.25, -0.2) is 0 Å². The van der Waals surface area contributed by atoms with Crippen molar-refractivity contribution in [3.8, 4) is 0 Å². The summed E-state index contributed by atoms with van der Waals surface area (Å²) in [5.74, 6) is -1.66. The highest BCUT2D eigenvalue weighted by molar-refractivity contribution is 5.72. The summed E-state index contributed by atoms with van der Waals surface area (Å²) in [6.07, 6.45) is -0.0627. The fraction of sp³-hybridized carbons (Fsp3) is 0.944. The number of rotatable bonds is 25. The summed E-state index contributed by atoms with van der Waals surface area (Å²) in [6, 6.07) is 0. The van der Waals surface area contributed by atoms with Gasteiger partial charge in [-0.3, -0.25) is 9.59 Å². The van der Waals surface area contributed by atoms with Crippen molar-refractivity contribution < 1.29 is 63.9 Å². The minimum absolute atomic E-state index is 0.201. The number of esters is 1. The Morgan fingerprint density at radius 2 is 1.06 bits per heavy atom. The van der Waals surface area contributed by atoms with E-state index in [1.807, 2.05) is 0 Å². The highest BCUT2D eigenvalue weighted by Gasteiger charge is 2.50. The van der Waals surface area contributed by atoms with Crippen LogP contribution in [0.4, 0.5) is 0 Å². The minimum Gasteiger partial charge on any atom is -0.481 e. The predicted molar refractivity (Wildman–Crippen MR) is 180 cm³/mol. The molecule has 13 heteroatoms. The molecule has 13 nitrogen and oxygen atoms in total. The highest BCUT2D eigenvalue weighted by Crippen LogP contribution is 2.31. The van der Waals surface area contributed by atoms with Gasteiger partial charge in [-0.2, -0.15) is 0 Å². The minimum atomic E-state index is -1.67. The summed E-state index contributed by atoms with van der Waals surface area (Å²) in [4.78, 5) is 24.8. The van der Waals surface area contributed by atoms with E-state index in [0.29, 0.717) is 12.8 Å². The number of aliphatic carboxylic acids is 1. The van der Waals surface area contributed by atoms with Gasteiger partial charge in [0, 0.05) is 0 Å². The lowest BCUT2D eigenvalue weighted by Crippen LogP contribution is -2.63. The lowest BCUT2D eigenvalue weighted by Gasteiger charge is -2.46. The maximum absolute atomic E-state index is 13.3. The first-order valence-electron chi connectivity index (χ1n) is 18.8. The number of carbonyl (C=O) groups is 2. The SMILES string of the molecule is CCCCCCCCC[C@H](CC(=O)O)OC(=O)C[C@@H](CCCCCCCCC)O[C@@H]1O[C@@H](C)[C@H](O)[C@@H](O)[C@H]1O[C@@H]1O[C@@H](C)[C@H](O)[C@@H](O)[C@H]1O. The number of hydrogen-bond acceptors (Lipinski definition) is 12. The monoisotopic (exact) mass is 706 g/mol. The molecule has 0 aromatic heterocycles. The van der Waals surface area contributed by atoms with E-state index in [-0.39, 0.29) is 12.8 Å². The summed E-state index contributed by atoms with van der Waals surface area (Å²) in [5.41, 5.74) is 0. The average molecular weight is 707 g/mol. The van der Waals surface area contributed by atoms with Gasteiger partial charge >= 0.3 is 11.9 Å². The molecule has 2 saturated heterocycles. The number of aliphatic hydroxyl groups excluding tert-OH is 5. The second kappa shape index (κ2) is 23.9. The quantitative estimate of drug-likeness (QED) is 0.0586. The Bertz CT molecular complexity index is 906. The third kappa shape index (κ3) is 15.8. The van der Waals surface area contributed by atoms with Crippen LogP contribution in [0.3, 0.4) is 0 Å². The number of carboxylic acid groups (broad SMARTS) is 1. The first kappa shape index (κ1) is 43.7. The molecule has 0 spiro atoms. The molecule has 288 valence electrons. The Hall–Kier alpha value is -1.42. The first-order chi connectivity index (χ1) is 23.4. The van der Waals surface area contributed by atoms with E-state index in [0.717, 1.165) is 70.6 Å². The van der Waals surface area contributed by atoms with E-state index in [1.165, 1.54) is 26.2 Å². The van der Waals surface area contributed by atoms with Crippen LogP contribution in [0.1, 0.15) is 143 Å². The zero-order chi connectivity index (χ0) is 36.3. The van der Waals surface area contributed by atoms with E-state index in [4.69, 9.17) is 23.7 Å². The molecule has 0 saturated carbocycles. The van der Waals surface area contributed by atoms with Gasteiger partial charge in [-0.1, -0.05) is 97.3 Å². The Labute approximate surface area is 292 Å². The standard InChI is InChI=1S/C36H66O13/c1-5-7-9-11-13-15-17-19-25(21-27(37)38)47-28(39)22-26(20-18-16-14-12-10-8-6-2)48-36-34(32(43)30(41)24(4)46-36)49-35-33(44)31(42)29(40)23(3)45-35/h23-26,29-36,40-44H,5-22H2,1-4H3,(H,37,38)/t23-,24-,25+,26+,29-,30-,31+,32+,33+,34+,35-,36-/m0/s1. The molecule has 2 aliphatic rings. The topological polar surface area (TPSA) is 202 Å². The molecule has 0 bridgehead atoms. The van der Waals surface area contributed by atoms with Gasteiger partial charge in [-0.05, 0) is 33.1 Å². The van der Waals surface area contributed by atoms with Gasteiger partial charge < -0.3 is 54.3 Å². The zero-order valence-electron chi connectivity index (χ0n) is 30.2. The van der Waals surface area contributed by atoms with Gasteiger partial charge in [-0.15, -0.1) is 0 Å². The van der Waals surface area contributed by atoms with Crippen molar-refractivity contribution in [2.24, 2.45) is 0 Å². The number of carboxylic acids is 1. The molecule has 6 N–H and O–H groups in total. The van der Waals surface area contributed by atoms with E-state index in [2.05, 4.69) is 13.8 Å². The molecule has 0 radical (unpaired) electrons. The Kier molecular flexibility index (Phi) is 21.4. The van der Waals surface area contributed by atoms with Crippen LogP contribution in [-0.2, 0) is 33.3 Å². The molecule has 49 heavy (non-hydrogen) atoms. The second-order valence-corrected chi connectivity index (χ2v) is 14.0. The van der Waals surface area contributed by atoms with Gasteiger partial charge in [0.05, 0.1) is 31.2 Å². The first-order valence-corrected chi connectivity index (χ1v) is 18.8. The molecule has 0 amide bonds. The van der Waals surface area contributed by atoms with Crippen molar-refractivity contribution in [2.45, 2.75) is 217 Å². The molecule has 2 heterocycles. The van der Waals surface area contributed by atoms with E-state index >= 15 is 0 Å². The van der Waals surface area contributed by atoms with Gasteiger partial charge in [0.25, 0.3) is 0 Å². The lowest BCUT2D eigenvalue weighted by atomic mass is 9.97.